The number of aryl methyl sites for hydroxylation is 1. The number of benzene rings is 2. The molecule has 136 valence electrons. The van der Waals surface area contributed by atoms with Crippen molar-refractivity contribution in [3.63, 3.8) is 0 Å². The first-order valence-corrected chi connectivity index (χ1v) is 9.36. The molecule has 1 aromatic heterocycles. The van der Waals surface area contributed by atoms with Crippen molar-refractivity contribution >= 4 is 5.57 Å². The molecule has 27 heavy (non-hydrogen) atoms. The van der Waals surface area contributed by atoms with Gasteiger partial charge in [0.05, 0.1) is 0 Å². The van der Waals surface area contributed by atoms with Crippen LogP contribution in [0.25, 0.3) is 17.0 Å². The summed E-state index contributed by atoms with van der Waals surface area (Å²) in [6.07, 6.45) is 4.28. The lowest BCUT2D eigenvalue weighted by Gasteiger charge is -2.40. The Hall–Kier alpha value is -2.92. The Morgan fingerprint density at radius 3 is 2.44 bits per heavy atom. The maximum atomic E-state index is 6.46. The third-order valence-corrected chi connectivity index (χ3v) is 5.33. The maximum absolute atomic E-state index is 6.46. The lowest BCUT2D eigenvalue weighted by molar-refractivity contribution is 0.0817. The van der Waals surface area contributed by atoms with Gasteiger partial charge >= 0.3 is 0 Å². The molecule has 0 radical (unpaired) electrons. The van der Waals surface area contributed by atoms with Gasteiger partial charge in [-0.1, -0.05) is 47.6 Å². The van der Waals surface area contributed by atoms with Gasteiger partial charge in [0.25, 0.3) is 0 Å². The predicted octanol–water partition coefficient (Wildman–Crippen LogP) is 3.99. The molecule has 3 aromatic rings. The molecule has 5 rings (SSSR count). The van der Waals surface area contributed by atoms with Crippen molar-refractivity contribution in [3.05, 3.63) is 71.6 Å². The quantitative estimate of drug-likeness (QED) is 0.750. The van der Waals surface area contributed by atoms with Gasteiger partial charge in [-0.25, -0.2) is 0 Å². The Morgan fingerprint density at radius 2 is 1.70 bits per heavy atom. The van der Waals surface area contributed by atoms with E-state index in [4.69, 9.17) is 9.26 Å². The van der Waals surface area contributed by atoms with Crippen molar-refractivity contribution < 1.29 is 9.26 Å². The number of nitrogens with zero attached hydrogens (tertiary/aromatic N) is 2. The number of nitrogens with one attached hydrogen (secondary N) is 1. The van der Waals surface area contributed by atoms with Gasteiger partial charge < -0.3 is 14.6 Å². The zero-order valence-electron chi connectivity index (χ0n) is 15.2. The van der Waals surface area contributed by atoms with Crippen molar-refractivity contribution in [3.8, 4) is 17.1 Å². The molecular weight excluding hydrogens is 338 g/mol. The summed E-state index contributed by atoms with van der Waals surface area (Å²) in [7, 11) is 0. The second-order valence-corrected chi connectivity index (χ2v) is 7.19. The molecule has 1 fully saturated rings. The van der Waals surface area contributed by atoms with Gasteiger partial charge in [-0.3, -0.25) is 0 Å². The van der Waals surface area contributed by atoms with E-state index in [0.717, 1.165) is 42.8 Å². The van der Waals surface area contributed by atoms with Crippen LogP contribution in [0.3, 0.4) is 0 Å². The normalized spacial score (nSPS) is 17.9. The Balaban J connectivity index is 1.57. The summed E-state index contributed by atoms with van der Waals surface area (Å²) in [5, 5.41) is 7.44. The number of piperidine rings is 1. The van der Waals surface area contributed by atoms with E-state index in [1.54, 1.807) is 6.92 Å². The van der Waals surface area contributed by atoms with Crippen molar-refractivity contribution in [2.45, 2.75) is 25.4 Å². The van der Waals surface area contributed by atoms with Crippen molar-refractivity contribution in [2.75, 3.05) is 13.1 Å². The fourth-order valence-electron chi connectivity index (χ4n) is 3.92. The zero-order valence-corrected chi connectivity index (χ0v) is 15.2. The molecule has 1 saturated heterocycles. The molecule has 0 atom stereocenters. The maximum Gasteiger partial charge on any atom is 0.223 e. The average Bonchev–Trinajstić information content (AvgIpc) is 3.14. The monoisotopic (exact) mass is 359 g/mol. The molecule has 0 aliphatic carbocycles. The van der Waals surface area contributed by atoms with E-state index in [9.17, 15) is 0 Å². The van der Waals surface area contributed by atoms with Crippen LogP contribution < -0.4 is 10.1 Å². The topological polar surface area (TPSA) is 60.2 Å². The van der Waals surface area contributed by atoms with Crippen LogP contribution in [-0.2, 0) is 0 Å². The van der Waals surface area contributed by atoms with Crippen LogP contribution in [0.1, 0.15) is 29.9 Å². The van der Waals surface area contributed by atoms with Crippen LogP contribution in [0.4, 0.5) is 0 Å². The first kappa shape index (κ1) is 16.3. The lowest BCUT2D eigenvalue weighted by Crippen LogP contribution is -2.46. The van der Waals surface area contributed by atoms with Crippen LogP contribution >= 0.6 is 0 Å². The minimum Gasteiger partial charge on any atom is -0.482 e. The van der Waals surface area contributed by atoms with Crippen LogP contribution in [0.2, 0.25) is 0 Å². The first-order valence-electron chi connectivity index (χ1n) is 9.36. The molecule has 0 unspecified atom stereocenters. The van der Waals surface area contributed by atoms with Crippen LogP contribution in [0, 0.1) is 6.92 Å². The molecule has 2 aliphatic rings. The highest BCUT2D eigenvalue weighted by Gasteiger charge is 2.36. The Kier molecular flexibility index (Phi) is 3.83. The molecule has 1 N–H and O–H groups in total. The zero-order chi connectivity index (χ0) is 18.3. The highest BCUT2D eigenvalue weighted by Crippen LogP contribution is 2.42. The molecular formula is C22H21N3O2. The molecule has 5 heteroatoms. The fourth-order valence-corrected chi connectivity index (χ4v) is 3.92. The fraction of sp³-hybridized carbons (Fsp3) is 0.273. The minimum atomic E-state index is -0.224. The summed E-state index contributed by atoms with van der Waals surface area (Å²) in [6, 6.07) is 16.7. The molecule has 3 heterocycles. The summed E-state index contributed by atoms with van der Waals surface area (Å²) < 4.78 is 11.6. The van der Waals surface area contributed by atoms with E-state index < -0.39 is 0 Å². The van der Waals surface area contributed by atoms with Crippen LogP contribution in [-0.4, -0.2) is 28.8 Å². The molecule has 5 nitrogen and oxygen atoms in total. The van der Waals surface area contributed by atoms with Crippen molar-refractivity contribution in [1.29, 1.82) is 0 Å². The van der Waals surface area contributed by atoms with E-state index in [2.05, 4.69) is 51.9 Å². The Labute approximate surface area is 158 Å². The van der Waals surface area contributed by atoms with E-state index in [0.29, 0.717) is 11.7 Å². The average molecular weight is 359 g/mol. The molecule has 2 aliphatic heterocycles. The number of aromatic nitrogens is 2. The van der Waals surface area contributed by atoms with Gasteiger partial charge in [0.2, 0.25) is 11.7 Å². The molecule has 0 amide bonds. The summed E-state index contributed by atoms with van der Waals surface area (Å²) >= 11 is 0. The SMILES string of the molecule is Cc1nc(-c2ccc(C3=CC4(CCNCC4)Oc4ccccc43)cc2)no1. The van der Waals surface area contributed by atoms with Crippen molar-refractivity contribution in [2.24, 2.45) is 0 Å². The smallest absolute Gasteiger partial charge is 0.223 e. The first-order chi connectivity index (χ1) is 13.2. The predicted molar refractivity (Wildman–Crippen MR) is 103 cm³/mol. The van der Waals surface area contributed by atoms with Gasteiger partial charge in [0, 0.05) is 30.9 Å². The van der Waals surface area contributed by atoms with Gasteiger partial charge in [0.15, 0.2) is 0 Å². The number of hydrogen-bond acceptors (Lipinski definition) is 5. The molecule has 1 spiro atoms. The highest BCUT2D eigenvalue weighted by atomic mass is 16.5. The highest BCUT2D eigenvalue weighted by molar-refractivity contribution is 5.85. The summed E-state index contributed by atoms with van der Waals surface area (Å²) in [4.78, 5) is 4.31. The van der Waals surface area contributed by atoms with Crippen LogP contribution in [0.5, 0.6) is 5.75 Å². The number of fused-ring (bicyclic) bond motifs is 1. The summed E-state index contributed by atoms with van der Waals surface area (Å²) in [5.74, 6) is 2.16. The number of rotatable bonds is 2. The second kappa shape index (κ2) is 6.35. The molecule has 0 bridgehead atoms. The standard InChI is InChI=1S/C22H21N3O2/c1-15-24-21(25-27-15)17-8-6-16(7-9-17)19-14-22(10-12-23-13-11-22)26-20-5-3-2-4-18(19)20/h2-9,14,23H,10-13H2,1H3. The van der Waals surface area contributed by atoms with E-state index in [1.165, 1.54) is 11.1 Å². The largest absolute Gasteiger partial charge is 0.482 e. The van der Waals surface area contributed by atoms with Gasteiger partial charge in [-0.2, -0.15) is 4.98 Å². The third kappa shape index (κ3) is 2.94. The van der Waals surface area contributed by atoms with Gasteiger partial charge in [0.1, 0.15) is 11.4 Å². The van der Waals surface area contributed by atoms with Crippen molar-refractivity contribution in [1.82, 2.24) is 15.5 Å². The Morgan fingerprint density at radius 1 is 0.963 bits per heavy atom. The van der Waals surface area contributed by atoms with E-state index in [1.807, 2.05) is 18.2 Å². The Bertz CT molecular complexity index is 998. The third-order valence-electron chi connectivity index (χ3n) is 5.33. The number of para-hydroxylation sites is 1. The van der Waals surface area contributed by atoms with E-state index >= 15 is 0 Å². The molecule has 0 saturated carbocycles. The minimum absolute atomic E-state index is 0.224. The second-order valence-electron chi connectivity index (χ2n) is 7.19. The summed E-state index contributed by atoms with van der Waals surface area (Å²) in [6.45, 7) is 3.75. The summed E-state index contributed by atoms with van der Waals surface area (Å²) in [5.41, 5.74) is 4.28. The number of hydrogen-bond donors (Lipinski definition) is 1. The van der Waals surface area contributed by atoms with Crippen LogP contribution in [0.15, 0.2) is 59.1 Å². The van der Waals surface area contributed by atoms with E-state index in [-0.39, 0.29) is 5.60 Å². The van der Waals surface area contributed by atoms with Gasteiger partial charge in [-0.15, -0.1) is 0 Å². The van der Waals surface area contributed by atoms with Gasteiger partial charge in [-0.05, 0) is 36.4 Å². The number of ether oxygens (including phenoxy) is 1. The lowest BCUT2D eigenvalue weighted by atomic mass is 9.83. The molecule has 2 aromatic carbocycles.